The lowest BCUT2D eigenvalue weighted by Gasteiger charge is -2.45. The van der Waals surface area contributed by atoms with Gasteiger partial charge in [0, 0.05) is 12.3 Å². The van der Waals surface area contributed by atoms with Crippen LogP contribution in [0.25, 0.3) is 0 Å². The molecule has 1 rings (SSSR count). The summed E-state index contributed by atoms with van der Waals surface area (Å²) in [5.74, 6) is 0.508. The van der Waals surface area contributed by atoms with Gasteiger partial charge in [0.05, 0.1) is 12.2 Å². The molecular weight excluding hydrogens is 376 g/mol. The molecule has 1 aliphatic carbocycles. The van der Waals surface area contributed by atoms with E-state index in [9.17, 15) is 0 Å². The van der Waals surface area contributed by atoms with E-state index in [4.69, 9.17) is 20.5 Å². The summed E-state index contributed by atoms with van der Waals surface area (Å²) in [6, 6.07) is 0. The summed E-state index contributed by atoms with van der Waals surface area (Å²) in [6.07, 6.45) is 4.11. The first-order valence-electron chi connectivity index (χ1n) is 9.81. The molecule has 5 heteroatoms. The molecule has 0 saturated heterocycles. The molecule has 0 heterocycles. The van der Waals surface area contributed by atoms with Crippen molar-refractivity contribution in [1.82, 2.24) is 0 Å². The summed E-state index contributed by atoms with van der Waals surface area (Å²) in [7, 11) is -3.70. The number of halogens is 1. The van der Waals surface area contributed by atoms with Crippen LogP contribution in [-0.4, -0.2) is 34.7 Å². The van der Waals surface area contributed by atoms with Crippen molar-refractivity contribution in [3.8, 4) is 0 Å². The van der Waals surface area contributed by atoms with Crippen molar-refractivity contribution in [2.75, 3.05) is 5.88 Å². The maximum atomic E-state index is 6.75. The van der Waals surface area contributed by atoms with E-state index in [-0.39, 0.29) is 22.3 Å². The Kier molecular flexibility index (Phi) is 7.66. The number of allylic oxidation sites excluding steroid dienone is 1. The van der Waals surface area contributed by atoms with Crippen LogP contribution < -0.4 is 0 Å². The summed E-state index contributed by atoms with van der Waals surface area (Å²) in [5, 5.41) is 0.379. The summed E-state index contributed by atoms with van der Waals surface area (Å²) in [4.78, 5) is 0. The number of rotatable bonds is 5. The van der Waals surface area contributed by atoms with E-state index in [2.05, 4.69) is 80.4 Å². The topological polar surface area (TPSA) is 18.5 Å². The minimum atomic E-state index is -1.88. The molecular formula is C21H41ClO2Si2. The standard InChI is InChI=1S/C21H41ClO2Si2/c1-16-17(12-13-22)14-18(23-25(8,9)20(2,3)4)15-19(16)24-26(10,11)21(5,6)7/h12,18-19H,1,13-15H2,2-11H3/b17-12-/t18-,19+/m1/s1. The van der Waals surface area contributed by atoms with Gasteiger partial charge >= 0.3 is 0 Å². The molecule has 0 aromatic carbocycles. The van der Waals surface area contributed by atoms with E-state index in [1.807, 2.05) is 0 Å². The van der Waals surface area contributed by atoms with E-state index in [1.54, 1.807) is 0 Å². The van der Waals surface area contributed by atoms with Crippen LogP contribution in [0.3, 0.4) is 0 Å². The Labute approximate surface area is 169 Å². The molecule has 1 fully saturated rings. The van der Waals surface area contributed by atoms with Crippen LogP contribution in [0.15, 0.2) is 23.8 Å². The van der Waals surface area contributed by atoms with Crippen molar-refractivity contribution in [1.29, 1.82) is 0 Å². The van der Waals surface area contributed by atoms with Gasteiger partial charge in [-0.1, -0.05) is 54.2 Å². The van der Waals surface area contributed by atoms with Crippen LogP contribution >= 0.6 is 11.6 Å². The van der Waals surface area contributed by atoms with Crippen LogP contribution in [0.5, 0.6) is 0 Å². The third-order valence-electron chi connectivity index (χ3n) is 6.56. The van der Waals surface area contributed by atoms with E-state index >= 15 is 0 Å². The molecule has 0 aromatic heterocycles. The Bertz CT molecular complexity index is 539. The predicted molar refractivity (Wildman–Crippen MR) is 121 cm³/mol. The van der Waals surface area contributed by atoms with E-state index < -0.39 is 16.6 Å². The first kappa shape index (κ1) is 24.2. The first-order valence-corrected chi connectivity index (χ1v) is 16.2. The molecule has 152 valence electrons. The maximum absolute atomic E-state index is 6.75. The Morgan fingerprint density at radius 3 is 1.88 bits per heavy atom. The van der Waals surface area contributed by atoms with Crippen LogP contribution in [0.4, 0.5) is 0 Å². The third kappa shape index (κ3) is 5.81. The van der Waals surface area contributed by atoms with Crippen LogP contribution in [0, 0.1) is 0 Å². The maximum Gasteiger partial charge on any atom is 0.192 e. The zero-order valence-corrected chi connectivity index (χ0v) is 21.5. The predicted octanol–water partition coefficient (Wildman–Crippen LogP) is 7.28. The molecule has 1 saturated carbocycles. The van der Waals surface area contributed by atoms with Crippen LogP contribution in [0.2, 0.25) is 36.3 Å². The monoisotopic (exact) mass is 416 g/mol. The second-order valence-electron chi connectivity index (χ2n) is 10.7. The quantitative estimate of drug-likeness (QED) is 0.346. The van der Waals surface area contributed by atoms with Gasteiger partial charge in [-0.25, -0.2) is 0 Å². The van der Waals surface area contributed by atoms with Crippen molar-refractivity contribution in [3.05, 3.63) is 23.8 Å². The van der Waals surface area contributed by atoms with Gasteiger partial charge in [-0.2, -0.15) is 0 Å². The highest BCUT2D eigenvalue weighted by atomic mass is 35.5. The fraction of sp³-hybridized carbons (Fsp3) is 0.810. The van der Waals surface area contributed by atoms with E-state index in [0.717, 1.165) is 18.4 Å². The zero-order chi connectivity index (χ0) is 20.6. The molecule has 2 nitrogen and oxygen atoms in total. The van der Waals surface area contributed by atoms with Gasteiger partial charge in [0.15, 0.2) is 16.6 Å². The van der Waals surface area contributed by atoms with Gasteiger partial charge in [0.2, 0.25) is 0 Å². The molecule has 26 heavy (non-hydrogen) atoms. The largest absolute Gasteiger partial charge is 0.413 e. The van der Waals surface area contributed by atoms with Crippen molar-refractivity contribution in [2.24, 2.45) is 0 Å². The molecule has 0 aromatic rings. The minimum Gasteiger partial charge on any atom is -0.413 e. The second-order valence-corrected chi connectivity index (χ2v) is 20.5. The number of hydrogen-bond donors (Lipinski definition) is 0. The molecule has 0 amide bonds. The molecule has 0 unspecified atom stereocenters. The SMILES string of the molecule is C=C1/C(=C\CCl)C[C@@H](O[Si](C)(C)C(C)(C)C)C[C@@H]1O[Si](C)(C)C(C)(C)C. The van der Waals surface area contributed by atoms with Gasteiger partial charge in [0.25, 0.3) is 0 Å². The van der Waals surface area contributed by atoms with E-state index in [1.165, 1.54) is 5.57 Å². The Morgan fingerprint density at radius 1 is 1.00 bits per heavy atom. The van der Waals surface area contributed by atoms with E-state index in [0.29, 0.717) is 5.88 Å². The number of alkyl halides is 1. The van der Waals surface area contributed by atoms with Gasteiger partial charge < -0.3 is 8.85 Å². The van der Waals surface area contributed by atoms with Crippen molar-refractivity contribution in [3.63, 3.8) is 0 Å². The Morgan fingerprint density at radius 2 is 1.46 bits per heavy atom. The molecule has 0 radical (unpaired) electrons. The summed E-state index contributed by atoms with van der Waals surface area (Å²) < 4.78 is 13.5. The highest BCUT2D eigenvalue weighted by molar-refractivity contribution is 6.74. The lowest BCUT2D eigenvalue weighted by atomic mass is 9.86. The van der Waals surface area contributed by atoms with Crippen LogP contribution in [0.1, 0.15) is 54.4 Å². The van der Waals surface area contributed by atoms with Gasteiger partial charge in [-0.15, -0.1) is 11.6 Å². The summed E-state index contributed by atoms with van der Waals surface area (Å²) in [5.41, 5.74) is 2.32. The smallest absolute Gasteiger partial charge is 0.192 e. The van der Waals surface area contributed by atoms with Crippen molar-refractivity contribution in [2.45, 2.75) is 103 Å². The molecule has 2 atom stereocenters. The molecule has 0 N–H and O–H groups in total. The van der Waals surface area contributed by atoms with Gasteiger partial charge in [0.1, 0.15) is 0 Å². The van der Waals surface area contributed by atoms with Crippen LogP contribution in [-0.2, 0) is 8.85 Å². The second kappa shape index (κ2) is 8.24. The average Bonchev–Trinajstić information content (AvgIpc) is 2.40. The fourth-order valence-corrected chi connectivity index (χ4v) is 5.55. The Hall–Kier alpha value is 0.124. The number of hydrogen-bond acceptors (Lipinski definition) is 2. The van der Waals surface area contributed by atoms with Gasteiger partial charge in [-0.05, 0) is 53.8 Å². The van der Waals surface area contributed by atoms with Crippen molar-refractivity contribution >= 4 is 28.2 Å². The Balaban J connectivity index is 3.08. The van der Waals surface area contributed by atoms with Gasteiger partial charge in [-0.3, -0.25) is 0 Å². The lowest BCUT2D eigenvalue weighted by Crippen LogP contribution is -2.49. The summed E-state index contributed by atoms with van der Waals surface area (Å²) >= 11 is 6.03. The first-order chi connectivity index (χ1) is 11.5. The third-order valence-corrected chi connectivity index (χ3v) is 15.7. The average molecular weight is 417 g/mol. The highest BCUT2D eigenvalue weighted by Crippen LogP contribution is 2.43. The zero-order valence-electron chi connectivity index (χ0n) is 18.8. The van der Waals surface area contributed by atoms with Crippen molar-refractivity contribution < 1.29 is 8.85 Å². The highest BCUT2D eigenvalue weighted by Gasteiger charge is 2.44. The molecule has 0 bridgehead atoms. The molecule has 0 spiro atoms. The normalized spacial score (nSPS) is 25.0. The lowest BCUT2D eigenvalue weighted by molar-refractivity contribution is 0.0969. The fourth-order valence-electron chi connectivity index (χ4n) is 2.69. The molecule has 0 aliphatic heterocycles. The minimum absolute atomic E-state index is 0.0360. The summed E-state index contributed by atoms with van der Waals surface area (Å²) in [6.45, 7) is 27.4. The molecule has 1 aliphatic rings.